The van der Waals surface area contributed by atoms with Crippen LogP contribution >= 0.6 is 11.6 Å². The van der Waals surface area contributed by atoms with Gasteiger partial charge in [0, 0.05) is 19.7 Å². The first kappa shape index (κ1) is 11.8. The number of carbonyl (C=O) groups is 1. The number of rotatable bonds is 5. The SMILES string of the molecule is COC(=O)C(Cl)CNCC1CCOC1. The second kappa shape index (κ2) is 6.22. The average Bonchev–Trinajstić information content (AvgIpc) is 2.69. The highest BCUT2D eigenvalue weighted by Gasteiger charge is 2.18. The molecule has 1 aliphatic heterocycles. The highest BCUT2D eigenvalue weighted by atomic mass is 35.5. The van der Waals surface area contributed by atoms with Gasteiger partial charge in [0.2, 0.25) is 0 Å². The molecule has 82 valence electrons. The number of methoxy groups -OCH3 is 1. The fraction of sp³-hybridized carbons (Fsp3) is 0.889. The van der Waals surface area contributed by atoms with Crippen molar-refractivity contribution in [2.24, 2.45) is 5.92 Å². The molecule has 0 aromatic carbocycles. The van der Waals surface area contributed by atoms with Gasteiger partial charge >= 0.3 is 5.97 Å². The number of ether oxygens (including phenoxy) is 2. The van der Waals surface area contributed by atoms with Gasteiger partial charge in [-0.05, 0) is 12.3 Å². The van der Waals surface area contributed by atoms with Crippen molar-refractivity contribution >= 4 is 17.6 Å². The Bertz CT molecular complexity index is 183. The van der Waals surface area contributed by atoms with Gasteiger partial charge in [0.25, 0.3) is 0 Å². The second-order valence-electron chi connectivity index (χ2n) is 3.38. The van der Waals surface area contributed by atoms with Crippen LogP contribution in [0.1, 0.15) is 6.42 Å². The molecule has 1 rings (SSSR count). The standard InChI is InChI=1S/C9H16ClNO3/c1-13-9(12)8(10)5-11-4-7-2-3-14-6-7/h7-8,11H,2-6H2,1H3. The second-order valence-corrected chi connectivity index (χ2v) is 3.91. The molecule has 0 bridgehead atoms. The molecule has 0 aromatic heterocycles. The molecule has 1 saturated heterocycles. The normalized spacial score (nSPS) is 23.4. The van der Waals surface area contributed by atoms with Crippen LogP contribution in [0.3, 0.4) is 0 Å². The minimum absolute atomic E-state index is 0.387. The lowest BCUT2D eigenvalue weighted by Gasteiger charge is -2.11. The Labute approximate surface area is 88.9 Å². The van der Waals surface area contributed by atoms with Gasteiger partial charge < -0.3 is 14.8 Å². The van der Waals surface area contributed by atoms with E-state index in [-0.39, 0.29) is 5.97 Å². The molecule has 5 heteroatoms. The van der Waals surface area contributed by atoms with Crippen molar-refractivity contribution in [3.8, 4) is 0 Å². The molecule has 0 amide bonds. The van der Waals surface area contributed by atoms with Crippen molar-refractivity contribution in [2.75, 3.05) is 33.4 Å². The summed E-state index contributed by atoms with van der Waals surface area (Å²) in [6.45, 7) is 2.94. The molecule has 1 aliphatic rings. The lowest BCUT2D eigenvalue weighted by molar-refractivity contribution is -0.140. The van der Waals surface area contributed by atoms with Crippen LogP contribution in [0, 0.1) is 5.92 Å². The van der Waals surface area contributed by atoms with Crippen LogP contribution in [0.15, 0.2) is 0 Å². The average molecular weight is 222 g/mol. The van der Waals surface area contributed by atoms with E-state index in [0.29, 0.717) is 12.5 Å². The van der Waals surface area contributed by atoms with Crippen LogP contribution < -0.4 is 5.32 Å². The van der Waals surface area contributed by atoms with Crippen LogP contribution in [-0.4, -0.2) is 44.8 Å². The third kappa shape index (κ3) is 3.82. The number of nitrogens with one attached hydrogen (secondary N) is 1. The van der Waals surface area contributed by atoms with Gasteiger partial charge in [0.1, 0.15) is 5.38 Å². The third-order valence-corrected chi connectivity index (χ3v) is 2.57. The monoisotopic (exact) mass is 221 g/mol. The number of hydrogen-bond acceptors (Lipinski definition) is 4. The molecule has 0 aromatic rings. The minimum Gasteiger partial charge on any atom is -0.468 e. The van der Waals surface area contributed by atoms with Gasteiger partial charge in [-0.3, -0.25) is 4.79 Å². The first-order valence-corrected chi connectivity index (χ1v) is 5.18. The van der Waals surface area contributed by atoms with Gasteiger partial charge in [-0.15, -0.1) is 11.6 Å². The van der Waals surface area contributed by atoms with Crippen LogP contribution in [-0.2, 0) is 14.3 Å². The van der Waals surface area contributed by atoms with E-state index in [4.69, 9.17) is 16.3 Å². The molecule has 0 radical (unpaired) electrons. The summed E-state index contributed by atoms with van der Waals surface area (Å²) >= 11 is 5.75. The topological polar surface area (TPSA) is 47.6 Å². The Morgan fingerprint density at radius 3 is 3.14 bits per heavy atom. The lowest BCUT2D eigenvalue weighted by atomic mass is 10.1. The molecule has 1 heterocycles. The molecule has 2 unspecified atom stereocenters. The van der Waals surface area contributed by atoms with E-state index in [0.717, 1.165) is 26.2 Å². The molecule has 2 atom stereocenters. The maximum absolute atomic E-state index is 10.9. The molecular formula is C9H16ClNO3. The molecule has 1 fully saturated rings. The summed E-state index contributed by atoms with van der Waals surface area (Å²) in [4.78, 5) is 10.9. The van der Waals surface area contributed by atoms with Crippen LogP contribution in [0.5, 0.6) is 0 Å². The highest BCUT2D eigenvalue weighted by Crippen LogP contribution is 2.10. The first-order valence-electron chi connectivity index (χ1n) is 4.74. The van der Waals surface area contributed by atoms with Gasteiger partial charge in [0.05, 0.1) is 13.7 Å². The van der Waals surface area contributed by atoms with Crippen LogP contribution in [0.25, 0.3) is 0 Å². The Morgan fingerprint density at radius 2 is 2.57 bits per heavy atom. The van der Waals surface area contributed by atoms with Gasteiger partial charge in [0.15, 0.2) is 0 Å². The predicted octanol–water partition coefficient (Wildman–Crippen LogP) is 0.393. The number of hydrogen-bond donors (Lipinski definition) is 1. The van der Waals surface area contributed by atoms with E-state index >= 15 is 0 Å². The zero-order valence-corrected chi connectivity index (χ0v) is 9.05. The van der Waals surface area contributed by atoms with Gasteiger partial charge in [-0.25, -0.2) is 0 Å². The fourth-order valence-electron chi connectivity index (χ4n) is 1.37. The van der Waals surface area contributed by atoms with E-state index < -0.39 is 5.38 Å². The first-order chi connectivity index (χ1) is 6.74. The van der Waals surface area contributed by atoms with Crippen molar-refractivity contribution < 1.29 is 14.3 Å². The van der Waals surface area contributed by atoms with Crippen molar-refractivity contribution in [3.05, 3.63) is 0 Å². The number of esters is 1. The molecular weight excluding hydrogens is 206 g/mol. The summed E-state index contributed by atoms with van der Waals surface area (Å²) in [5.41, 5.74) is 0. The molecule has 4 nitrogen and oxygen atoms in total. The minimum atomic E-state index is -0.595. The summed E-state index contributed by atoms with van der Waals surface area (Å²) in [6, 6.07) is 0. The largest absolute Gasteiger partial charge is 0.468 e. The van der Waals surface area contributed by atoms with E-state index in [1.54, 1.807) is 0 Å². The van der Waals surface area contributed by atoms with Crippen LogP contribution in [0.4, 0.5) is 0 Å². The molecule has 0 aliphatic carbocycles. The maximum atomic E-state index is 10.9. The van der Waals surface area contributed by atoms with Crippen molar-refractivity contribution in [1.29, 1.82) is 0 Å². The van der Waals surface area contributed by atoms with E-state index in [2.05, 4.69) is 10.1 Å². The van der Waals surface area contributed by atoms with Gasteiger partial charge in [-0.1, -0.05) is 0 Å². The Morgan fingerprint density at radius 1 is 1.79 bits per heavy atom. The number of alkyl halides is 1. The maximum Gasteiger partial charge on any atom is 0.325 e. The summed E-state index contributed by atoms with van der Waals surface area (Å²) < 4.78 is 9.72. The van der Waals surface area contributed by atoms with Crippen molar-refractivity contribution in [1.82, 2.24) is 5.32 Å². The number of carbonyl (C=O) groups excluding carboxylic acids is 1. The molecule has 0 saturated carbocycles. The summed E-state index contributed by atoms with van der Waals surface area (Å²) in [7, 11) is 1.34. The molecule has 1 N–H and O–H groups in total. The Hall–Kier alpha value is -0.320. The van der Waals surface area contributed by atoms with Crippen LogP contribution in [0.2, 0.25) is 0 Å². The van der Waals surface area contributed by atoms with Gasteiger partial charge in [-0.2, -0.15) is 0 Å². The van der Waals surface area contributed by atoms with E-state index in [1.807, 2.05) is 0 Å². The fourth-order valence-corrected chi connectivity index (χ4v) is 1.57. The Balaban J connectivity index is 2.05. The third-order valence-electron chi connectivity index (χ3n) is 2.24. The van der Waals surface area contributed by atoms with E-state index in [9.17, 15) is 4.79 Å². The number of halogens is 1. The summed E-state index contributed by atoms with van der Waals surface area (Å²) in [6.07, 6.45) is 1.08. The summed E-state index contributed by atoms with van der Waals surface area (Å²) in [5.74, 6) is 0.165. The van der Waals surface area contributed by atoms with E-state index in [1.165, 1.54) is 7.11 Å². The molecule has 14 heavy (non-hydrogen) atoms. The lowest BCUT2D eigenvalue weighted by Crippen LogP contribution is -2.33. The zero-order valence-electron chi connectivity index (χ0n) is 8.29. The van der Waals surface area contributed by atoms with Crippen molar-refractivity contribution in [2.45, 2.75) is 11.8 Å². The zero-order chi connectivity index (χ0) is 10.4. The quantitative estimate of drug-likeness (QED) is 0.539. The summed E-state index contributed by atoms with van der Waals surface area (Å²) in [5, 5.41) is 2.53. The smallest absolute Gasteiger partial charge is 0.325 e. The van der Waals surface area contributed by atoms with Crippen molar-refractivity contribution in [3.63, 3.8) is 0 Å². The molecule has 0 spiro atoms. The predicted molar refractivity (Wildman–Crippen MR) is 53.5 cm³/mol. The highest BCUT2D eigenvalue weighted by molar-refractivity contribution is 6.30. The Kier molecular flexibility index (Phi) is 5.22.